The number of imidazole rings is 1. The predicted molar refractivity (Wildman–Crippen MR) is 74.1 cm³/mol. The number of hydrogen-bond donors (Lipinski definition) is 1. The third-order valence-corrected chi connectivity index (χ3v) is 2.78. The fourth-order valence-electron chi connectivity index (χ4n) is 2.09. The lowest BCUT2D eigenvalue weighted by molar-refractivity contribution is 0.407. The second-order valence-corrected chi connectivity index (χ2v) is 6.00. The smallest absolute Gasteiger partial charge is 0.126 e. The van der Waals surface area contributed by atoms with Gasteiger partial charge in [-0.25, -0.2) is 4.98 Å². The minimum atomic E-state index is 0.239. The largest absolute Gasteiger partial charge is 0.384 e. The van der Waals surface area contributed by atoms with Crippen LogP contribution in [0.15, 0.2) is 0 Å². The molecule has 1 heterocycles. The minimum absolute atomic E-state index is 0.239. The molecule has 0 aliphatic rings. The Bertz CT molecular complexity index is 358. The number of nitrogens with zero attached hydrogens (tertiary/aromatic N) is 2. The summed E-state index contributed by atoms with van der Waals surface area (Å²) in [6.07, 6.45) is 4.20. The molecule has 2 N–H and O–H groups in total. The van der Waals surface area contributed by atoms with Crippen molar-refractivity contribution in [2.45, 2.75) is 66.8 Å². The van der Waals surface area contributed by atoms with Crippen LogP contribution in [0.3, 0.4) is 0 Å². The fourth-order valence-corrected chi connectivity index (χ4v) is 2.09. The van der Waals surface area contributed by atoms with E-state index < -0.39 is 0 Å². The topological polar surface area (TPSA) is 43.8 Å². The van der Waals surface area contributed by atoms with Gasteiger partial charge in [-0.05, 0) is 24.7 Å². The molecule has 3 heteroatoms. The highest BCUT2D eigenvalue weighted by molar-refractivity contribution is 5.39. The zero-order chi connectivity index (χ0) is 13.1. The average Bonchev–Trinajstić information content (AvgIpc) is 2.45. The maximum absolute atomic E-state index is 6.23. The van der Waals surface area contributed by atoms with Crippen molar-refractivity contribution in [1.29, 1.82) is 0 Å². The van der Waals surface area contributed by atoms with Gasteiger partial charge in [0.1, 0.15) is 11.6 Å². The van der Waals surface area contributed by atoms with E-state index in [1.165, 1.54) is 0 Å². The maximum Gasteiger partial charge on any atom is 0.126 e. The van der Waals surface area contributed by atoms with Crippen LogP contribution in [-0.4, -0.2) is 9.55 Å². The Labute approximate surface area is 105 Å². The first kappa shape index (κ1) is 14.1. The Morgan fingerprint density at radius 1 is 1.18 bits per heavy atom. The highest BCUT2D eigenvalue weighted by atomic mass is 15.1. The van der Waals surface area contributed by atoms with Gasteiger partial charge >= 0.3 is 0 Å². The predicted octanol–water partition coefficient (Wildman–Crippen LogP) is 3.42. The Hall–Kier alpha value is -0.990. The first-order chi connectivity index (χ1) is 7.89. The zero-order valence-corrected chi connectivity index (χ0v) is 12.0. The van der Waals surface area contributed by atoms with Gasteiger partial charge in [-0.2, -0.15) is 0 Å². The summed E-state index contributed by atoms with van der Waals surface area (Å²) in [6, 6.07) is 0. The molecule has 0 saturated carbocycles. The molecule has 1 aromatic rings. The second-order valence-electron chi connectivity index (χ2n) is 6.00. The van der Waals surface area contributed by atoms with Gasteiger partial charge in [0.2, 0.25) is 0 Å². The Kier molecular flexibility index (Phi) is 4.61. The molecule has 98 valence electrons. The highest BCUT2D eigenvalue weighted by Gasteiger charge is 2.19. The van der Waals surface area contributed by atoms with Crippen molar-refractivity contribution in [2.24, 2.45) is 5.41 Å². The van der Waals surface area contributed by atoms with E-state index in [1.54, 1.807) is 0 Å². The van der Waals surface area contributed by atoms with Crippen molar-refractivity contribution < 1.29 is 0 Å². The monoisotopic (exact) mass is 237 g/mol. The Balaban J connectivity index is 3.03. The normalized spacial score (nSPS) is 12.1. The van der Waals surface area contributed by atoms with Gasteiger partial charge in [-0.1, -0.05) is 34.6 Å². The molecule has 17 heavy (non-hydrogen) atoms. The number of nitrogens with two attached hydrogens (primary N) is 1. The van der Waals surface area contributed by atoms with Crippen LogP contribution < -0.4 is 5.73 Å². The van der Waals surface area contributed by atoms with Crippen LogP contribution in [0.1, 0.15) is 59.0 Å². The second kappa shape index (κ2) is 5.56. The molecule has 0 unspecified atom stereocenters. The summed E-state index contributed by atoms with van der Waals surface area (Å²) in [6.45, 7) is 12.0. The Morgan fingerprint density at radius 3 is 2.29 bits per heavy atom. The van der Waals surface area contributed by atoms with Crippen LogP contribution in [0.25, 0.3) is 0 Å². The molecule has 3 nitrogen and oxygen atoms in total. The van der Waals surface area contributed by atoms with Crippen LogP contribution in [0.4, 0.5) is 5.82 Å². The lowest BCUT2D eigenvalue weighted by atomic mass is 9.90. The van der Waals surface area contributed by atoms with Crippen molar-refractivity contribution in [3.05, 3.63) is 11.5 Å². The lowest BCUT2D eigenvalue weighted by Crippen LogP contribution is -2.12. The van der Waals surface area contributed by atoms with Gasteiger partial charge in [0.15, 0.2) is 0 Å². The van der Waals surface area contributed by atoms with Gasteiger partial charge in [-0.3, -0.25) is 0 Å². The summed E-state index contributed by atoms with van der Waals surface area (Å²) in [7, 11) is 0. The van der Waals surface area contributed by atoms with Gasteiger partial charge in [0.05, 0.1) is 5.69 Å². The number of hydrogen-bond acceptors (Lipinski definition) is 2. The zero-order valence-electron chi connectivity index (χ0n) is 12.0. The molecule has 0 bridgehead atoms. The first-order valence-corrected chi connectivity index (χ1v) is 6.72. The van der Waals surface area contributed by atoms with Crippen LogP contribution in [0.5, 0.6) is 0 Å². The van der Waals surface area contributed by atoms with Crippen molar-refractivity contribution in [1.82, 2.24) is 9.55 Å². The summed E-state index contributed by atoms with van der Waals surface area (Å²) in [5.74, 6) is 2.04. The maximum atomic E-state index is 6.23. The van der Waals surface area contributed by atoms with E-state index in [9.17, 15) is 0 Å². The SMILES string of the molecule is CCCc1nc(CC(C)(C)C)c(N)n1CCC. The van der Waals surface area contributed by atoms with Crippen molar-refractivity contribution >= 4 is 5.82 Å². The molecule has 0 atom stereocenters. The van der Waals surface area contributed by atoms with Crippen LogP contribution in [-0.2, 0) is 19.4 Å². The Morgan fingerprint density at radius 2 is 1.82 bits per heavy atom. The number of nitrogen functional groups attached to an aromatic ring is 1. The molecule has 0 fully saturated rings. The van der Waals surface area contributed by atoms with Gasteiger partial charge < -0.3 is 10.3 Å². The number of aromatic nitrogens is 2. The highest BCUT2D eigenvalue weighted by Crippen LogP contribution is 2.25. The van der Waals surface area contributed by atoms with E-state index in [-0.39, 0.29) is 5.41 Å². The molecule has 0 aliphatic heterocycles. The molecule has 0 aliphatic carbocycles. The molecule has 1 aromatic heterocycles. The van der Waals surface area contributed by atoms with Gasteiger partial charge in [0, 0.05) is 13.0 Å². The van der Waals surface area contributed by atoms with E-state index >= 15 is 0 Å². The van der Waals surface area contributed by atoms with E-state index in [4.69, 9.17) is 10.7 Å². The summed E-state index contributed by atoms with van der Waals surface area (Å²) in [5.41, 5.74) is 7.55. The summed E-state index contributed by atoms with van der Waals surface area (Å²) < 4.78 is 2.20. The van der Waals surface area contributed by atoms with E-state index in [2.05, 4.69) is 39.2 Å². The van der Waals surface area contributed by atoms with Gasteiger partial charge in [0.25, 0.3) is 0 Å². The number of rotatable bonds is 5. The number of aryl methyl sites for hydroxylation is 1. The quantitative estimate of drug-likeness (QED) is 0.852. The van der Waals surface area contributed by atoms with Crippen LogP contribution in [0, 0.1) is 5.41 Å². The number of anilines is 1. The molecule has 0 aromatic carbocycles. The minimum Gasteiger partial charge on any atom is -0.384 e. The molecule has 1 rings (SSSR count). The standard InChI is InChI=1S/C14H27N3/c1-6-8-12-16-11(10-14(3,4)5)13(15)17(12)9-7-2/h6-10,15H2,1-5H3. The first-order valence-electron chi connectivity index (χ1n) is 6.72. The summed E-state index contributed by atoms with van der Waals surface area (Å²) in [5, 5.41) is 0. The van der Waals surface area contributed by atoms with Crippen molar-refractivity contribution in [3.8, 4) is 0 Å². The van der Waals surface area contributed by atoms with Crippen LogP contribution in [0.2, 0.25) is 0 Å². The molecule has 0 spiro atoms. The molecular formula is C14H27N3. The van der Waals surface area contributed by atoms with Crippen molar-refractivity contribution in [3.63, 3.8) is 0 Å². The molecule has 0 amide bonds. The third kappa shape index (κ3) is 3.76. The summed E-state index contributed by atoms with van der Waals surface area (Å²) in [4.78, 5) is 4.74. The van der Waals surface area contributed by atoms with E-state index in [0.717, 1.165) is 49.6 Å². The van der Waals surface area contributed by atoms with Crippen molar-refractivity contribution in [2.75, 3.05) is 5.73 Å². The van der Waals surface area contributed by atoms with Crippen LogP contribution >= 0.6 is 0 Å². The average molecular weight is 237 g/mol. The summed E-state index contributed by atoms with van der Waals surface area (Å²) >= 11 is 0. The fraction of sp³-hybridized carbons (Fsp3) is 0.786. The van der Waals surface area contributed by atoms with E-state index in [1.807, 2.05) is 0 Å². The molecule has 0 saturated heterocycles. The molecule has 0 radical (unpaired) electrons. The van der Waals surface area contributed by atoms with E-state index in [0.29, 0.717) is 0 Å². The van der Waals surface area contributed by atoms with Gasteiger partial charge in [-0.15, -0.1) is 0 Å². The third-order valence-electron chi connectivity index (χ3n) is 2.78. The lowest BCUT2D eigenvalue weighted by Gasteiger charge is -2.16. The molecular weight excluding hydrogens is 210 g/mol.